The third-order valence-corrected chi connectivity index (χ3v) is 4.95. The number of aliphatic carboxylic acids is 1. The predicted octanol–water partition coefficient (Wildman–Crippen LogP) is 3.47. The van der Waals surface area contributed by atoms with Gasteiger partial charge in [-0.2, -0.15) is 0 Å². The molecule has 1 unspecified atom stereocenters. The van der Waals surface area contributed by atoms with Crippen LogP contribution in [-0.2, 0) is 11.8 Å². The van der Waals surface area contributed by atoms with Crippen LogP contribution in [0, 0.1) is 12.3 Å². The molecule has 0 fully saturated rings. The number of thioether (sulfide) groups is 1. The number of aryl methyl sites for hydroxylation is 2. The van der Waals surface area contributed by atoms with Crippen LogP contribution in [0.1, 0.15) is 26.3 Å². The molecule has 1 N–H and O–H groups in total. The van der Waals surface area contributed by atoms with Gasteiger partial charge in [-0.25, -0.2) is 4.98 Å². The second-order valence-corrected chi connectivity index (χ2v) is 7.22. The maximum Gasteiger partial charge on any atom is 0.317 e. The Hall–Kier alpha value is -1.49. The summed E-state index contributed by atoms with van der Waals surface area (Å²) in [5.74, 6) is -0.800. The topological polar surface area (TPSA) is 55.1 Å². The molecule has 0 aliphatic carbocycles. The van der Waals surface area contributed by atoms with Crippen LogP contribution in [-0.4, -0.2) is 25.9 Å². The number of aromatic nitrogens is 2. The molecule has 2 rings (SSSR count). The Bertz CT molecular complexity index is 656. The van der Waals surface area contributed by atoms with Crippen LogP contribution in [0.5, 0.6) is 0 Å². The van der Waals surface area contributed by atoms with Crippen molar-refractivity contribution >= 4 is 28.8 Å². The van der Waals surface area contributed by atoms with E-state index in [4.69, 9.17) is 0 Å². The first-order valence-electron chi connectivity index (χ1n) is 6.52. The fourth-order valence-electron chi connectivity index (χ4n) is 2.09. The molecule has 108 valence electrons. The number of carboxylic acid groups (broad SMARTS) is 1. The molecule has 0 spiro atoms. The minimum atomic E-state index is -0.800. The van der Waals surface area contributed by atoms with Gasteiger partial charge in [-0.15, -0.1) is 0 Å². The Labute approximate surface area is 123 Å². The van der Waals surface area contributed by atoms with Gasteiger partial charge in [0.1, 0.15) is 5.25 Å². The summed E-state index contributed by atoms with van der Waals surface area (Å²) < 4.78 is 1.97. The summed E-state index contributed by atoms with van der Waals surface area (Å²) in [6, 6.07) is 6.06. The highest BCUT2D eigenvalue weighted by atomic mass is 32.2. The molecule has 20 heavy (non-hydrogen) atoms. The lowest BCUT2D eigenvalue weighted by molar-refractivity contribution is -0.138. The fourth-order valence-corrected chi connectivity index (χ4v) is 3.16. The van der Waals surface area contributed by atoms with E-state index < -0.39 is 11.2 Å². The van der Waals surface area contributed by atoms with E-state index in [2.05, 4.69) is 11.1 Å². The van der Waals surface area contributed by atoms with E-state index in [1.54, 1.807) is 0 Å². The number of hydrogen-bond acceptors (Lipinski definition) is 3. The average molecular weight is 292 g/mol. The molecule has 5 heteroatoms. The van der Waals surface area contributed by atoms with Gasteiger partial charge in [0.25, 0.3) is 0 Å². The molecule has 1 aromatic carbocycles. The molecule has 1 atom stereocenters. The summed E-state index contributed by atoms with van der Waals surface area (Å²) in [6.07, 6.45) is 0. The fraction of sp³-hybridized carbons (Fsp3) is 0.467. The second-order valence-electron chi connectivity index (χ2n) is 6.15. The van der Waals surface area contributed by atoms with Crippen molar-refractivity contribution in [3.05, 3.63) is 23.8 Å². The first-order valence-corrected chi connectivity index (χ1v) is 7.40. The smallest absolute Gasteiger partial charge is 0.317 e. The van der Waals surface area contributed by atoms with Crippen molar-refractivity contribution in [1.82, 2.24) is 9.55 Å². The molecular formula is C15H20N2O2S. The van der Waals surface area contributed by atoms with E-state index in [0.29, 0.717) is 0 Å². The number of benzene rings is 1. The third-order valence-electron chi connectivity index (χ3n) is 3.23. The van der Waals surface area contributed by atoms with Crippen molar-refractivity contribution in [2.24, 2.45) is 12.5 Å². The number of rotatable bonds is 3. The quantitative estimate of drug-likeness (QED) is 0.880. The summed E-state index contributed by atoms with van der Waals surface area (Å²) in [4.78, 5) is 16.0. The number of hydrogen-bond donors (Lipinski definition) is 1. The summed E-state index contributed by atoms with van der Waals surface area (Å²) in [5.41, 5.74) is 2.77. The molecule has 0 saturated heterocycles. The summed E-state index contributed by atoms with van der Waals surface area (Å²) in [7, 11) is 1.93. The van der Waals surface area contributed by atoms with E-state index in [0.717, 1.165) is 16.2 Å². The van der Waals surface area contributed by atoms with Gasteiger partial charge in [-0.3, -0.25) is 4.79 Å². The van der Waals surface area contributed by atoms with E-state index in [1.807, 2.05) is 51.4 Å². The molecule has 0 aliphatic heterocycles. The second kappa shape index (κ2) is 5.13. The predicted molar refractivity (Wildman–Crippen MR) is 82.2 cm³/mol. The number of nitrogens with zero attached hydrogens (tertiary/aromatic N) is 2. The van der Waals surface area contributed by atoms with E-state index in [9.17, 15) is 9.90 Å². The molecular weight excluding hydrogens is 272 g/mol. The highest BCUT2D eigenvalue weighted by Crippen LogP contribution is 2.36. The minimum absolute atomic E-state index is 0.329. The van der Waals surface area contributed by atoms with Crippen LogP contribution in [0.2, 0.25) is 0 Å². The van der Waals surface area contributed by atoms with Crippen LogP contribution in [0.3, 0.4) is 0 Å². The van der Waals surface area contributed by atoms with Crippen molar-refractivity contribution in [1.29, 1.82) is 0 Å². The number of imidazole rings is 1. The molecule has 0 radical (unpaired) electrons. The lowest BCUT2D eigenvalue weighted by Crippen LogP contribution is -2.31. The molecule has 0 saturated carbocycles. The lowest BCUT2D eigenvalue weighted by Gasteiger charge is -2.25. The van der Waals surface area contributed by atoms with Crippen LogP contribution in [0.4, 0.5) is 0 Å². The van der Waals surface area contributed by atoms with Crippen molar-refractivity contribution in [2.75, 3.05) is 0 Å². The normalized spacial score (nSPS) is 13.7. The van der Waals surface area contributed by atoms with Crippen molar-refractivity contribution < 1.29 is 9.90 Å². The lowest BCUT2D eigenvalue weighted by atomic mass is 9.92. The Morgan fingerprint density at radius 1 is 1.40 bits per heavy atom. The Morgan fingerprint density at radius 3 is 2.60 bits per heavy atom. The van der Waals surface area contributed by atoms with Gasteiger partial charge in [0.15, 0.2) is 5.16 Å². The molecule has 4 nitrogen and oxygen atoms in total. The van der Waals surface area contributed by atoms with Gasteiger partial charge in [0.2, 0.25) is 0 Å². The van der Waals surface area contributed by atoms with Crippen LogP contribution in [0.15, 0.2) is 23.4 Å². The summed E-state index contributed by atoms with van der Waals surface area (Å²) in [6.45, 7) is 7.84. The highest BCUT2D eigenvalue weighted by Gasteiger charge is 2.33. The monoisotopic (exact) mass is 292 g/mol. The van der Waals surface area contributed by atoms with Gasteiger partial charge in [0, 0.05) is 7.05 Å². The SMILES string of the molecule is Cc1ccc2nc(SC(C(=O)O)C(C)(C)C)n(C)c2c1. The molecule has 0 amide bonds. The molecule has 0 aliphatic rings. The maximum atomic E-state index is 11.5. The van der Waals surface area contributed by atoms with Gasteiger partial charge < -0.3 is 9.67 Å². The number of carboxylic acids is 1. The first kappa shape index (κ1) is 14.9. The van der Waals surface area contributed by atoms with Crippen LogP contribution < -0.4 is 0 Å². The zero-order valence-corrected chi connectivity index (χ0v) is 13.3. The van der Waals surface area contributed by atoms with E-state index >= 15 is 0 Å². The van der Waals surface area contributed by atoms with Crippen molar-refractivity contribution in [3.63, 3.8) is 0 Å². The zero-order valence-electron chi connectivity index (χ0n) is 12.5. The maximum absolute atomic E-state index is 11.5. The van der Waals surface area contributed by atoms with Crippen molar-refractivity contribution in [3.8, 4) is 0 Å². The molecule has 1 heterocycles. The minimum Gasteiger partial charge on any atom is -0.480 e. The van der Waals surface area contributed by atoms with E-state index in [1.165, 1.54) is 17.3 Å². The molecule has 1 aromatic heterocycles. The van der Waals surface area contributed by atoms with E-state index in [-0.39, 0.29) is 5.41 Å². The zero-order chi connectivity index (χ0) is 15.1. The number of fused-ring (bicyclic) bond motifs is 1. The molecule has 0 bridgehead atoms. The largest absolute Gasteiger partial charge is 0.480 e. The number of carbonyl (C=O) groups is 1. The first-order chi connectivity index (χ1) is 9.20. The van der Waals surface area contributed by atoms with Gasteiger partial charge >= 0.3 is 5.97 Å². The van der Waals surface area contributed by atoms with Crippen LogP contribution >= 0.6 is 11.8 Å². The summed E-state index contributed by atoms with van der Waals surface area (Å²) in [5, 5.41) is 9.64. The van der Waals surface area contributed by atoms with Gasteiger partial charge in [-0.05, 0) is 30.0 Å². The Morgan fingerprint density at radius 2 is 2.05 bits per heavy atom. The van der Waals surface area contributed by atoms with Gasteiger partial charge in [-0.1, -0.05) is 38.6 Å². The standard InChI is InChI=1S/C15H20N2O2S/c1-9-6-7-10-11(8-9)17(5)14(16-10)20-12(13(18)19)15(2,3)4/h6-8,12H,1-5H3,(H,18,19). The highest BCUT2D eigenvalue weighted by molar-refractivity contribution is 8.00. The molecule has 2 aromatic rings. The Balaban J connectivity index is 2.43. The third kappa shape index (κ3) is 2.82. The average Bonchev–Trinajstić information content (AvgIpc) is 2.61. The van der Waals surface area contributed by atoms with Gasteiger partial charge in [0.05, 0.1) is 11.0 Å². The Kier molecular flexibility index (Phi) is 3.82. The van der Waals surface area contributed by atoms with Crippen LogP contribution in [0.25, 0.3) is 11.0 Å². The van der Waals surface area contributed by atoms with Crippen molar-refractivity contribution in [2.45, 2.75) is 38.1 Å². The summed E-state index contributed by atoms with van der Waals surface area (Å²) >= 11 is 1.31.